The van der Waals surface area contributed by atoms with Crippen molar-refractivity contribution in [3.05, 3.63) is 133 Å². The van der Waals surface area contributed by atoms with Gasteiger partial charge < -0.3 is 17.2 Å². The maximum absolute atomic E-state index is 6.25. The van der Waals surface area contributed by atoms with Crippen molar-refractivity contribution in [1.82, 2.24) is 19.9 Å². The van der Waals surface area contributed by atoms with Gasteiger partial charge in [-0.25, -0.2) is 4.98 Å². The second-order valence-electron chi connectivity index (χ2n) is 11.9. The van der Waals surface area contributed by atoms with E-state index in [9.17, 15) is 0 Å². The topological polar surface area (TPSA) is 130 Å². The largest absolute Gasteiger partial charge is 0.398 e. The third-order valence-electron chi connectivity index (χ3n) is 7.74. The van der Waals surface area contributed by atoms with Crippen LogP contribution in [0.2, 0.25) is 0 Å². The summed E-state index contributed by atoms with van der Waals surface area (Å²) in [6.07, 6.45) is 11.8. The molecule has 1 unspecified atom stereocenters. The number of fused-ring (bicyclic) bond motifs is 1. The first-order valence-corrected chi connectivity index (χ1v) is 18.8. The zero-order valence-electron chi connectivity index (χ0n) is 27.2. The molecule has 4 heterocycles. The summed E-state index contributed by atoms with van der Waals surface area (Å²) in [6, 6.07) is 30.5. The normalized spacial score (nSPS) is 11.7. The molecule has 10 heteroatoms. The molecule has 246 valence electrons. The molecular formula is C39H37N7S3. The number of rotatable bonds is 9. The Hall–Kier alpha value is -4.74. The van der Waals surface area contributed by atoms with Crippen LogP contribution in [-0.2, 0) is 0 Å². The summed E-state index contributed by atoms with van der Waals surface area (Å²) in [5.74, 6) is 0.583. The molecule has 49 heavy (non-hydrogen) atoms. The molecule has 0 saturated heterocycles. The van der Waals surface area contributed by atoms with E-state index >= 15 is 0 Å². The number of nitrogens with two attached hydrogens (primary N) is 3. The highest BCUT2D eigenvalue weighted by atomic mass is 33.1. The smallest absolute Gasteiger partial charge is 0.111 e. The highest BCUT2D eigenvalue weighted by molar-refractivity contribution is 8.76. The fourth-order valence-corrected chi connectivity index (χ4v) is 8.47. The minimum absolute atomic E-state index is 0.0341. The molecule has 0 aliphatic heterocycles. The minimum Gasteiger partial charge on any atom is -0.398 e. The second-order valence-corrected chi connectivity index (χ2v) is 15.1. The molecule has 0 bridgehead atoms. The highest BCUT2D eigenvalue weighted by Gasteiger charge is 2.14. The van der Waals surface area contributed by atoms with E-state index in [2.05, 4.69) is 64.1 Å². The molecule has 7 rings (SSSR count). The van der Waals surface area contributed by atoms with Crippen LogP contribution in [0.5, 0.6) is 0 Å². The van der Waals surface area contributed by atoms with Crippen molar-refractivity contribution in [3.63, 3.8) is 0 Å². The predicted octanol–water partition coefficient (Wildman–Crippen LogP) is 10.2. The molecule has 0 aliphatic carbocycles. The molecule has 3 aromatic carbocycles. The first kappa shape index (κ1) is 34.1. The van der Waals surface area contributed by atoms with Gasteiger partial charge in [0.05, 0.1) is 16.3 Å². The zero-order chi connectivity index (χ0) is 34.2. The molecule has 6 N–H and O–H groups in total. The van der Waals surface area contributed by atoms with E-state index in [-0.39, 0.29) is 6.04 Å². The van der Waals surface area contributed by atoms with Gasteiger partial charge in [-0.15, -0.1) is 11.3 Å². The average molecular weight is 700 g/mol. The fraction of sp³-hybridized carbons (Fsp3) is 0.128. The molecule has 4 aromatic heterocycles. The van der Waals surface area contributed by atoms with Gasteiger partial charge in [-0.2, -0.15) is 0 Å². The Morgan fingerprint density at radius 1 is 0.571 bits per heavy atom. The molecular weight excluding hydrogens is 663 g/mol. The predicted molar refractivity (Wildman–Crippen MR) is 209 cm³/mol. The van der Waals surface area contributed by atoms with Gasteiger partial charge in [0.25, 0.3) is 0 Å². The Morgan fingerprint density at radius 3 is 1.45 bits per heavy atom. The number of nitrogens with zero attached hydrogens (tertiary/aromatic N) is 4. The number of pyridine rings is 3. The molecule has 0 saturated carbocycles. The lowest BCUT2D eigenvalue weighted by Gasteiger charge is -2.11. The maximum Gasteiger partial charge on any atom is 0.111 e. The minimum atomic E-state index is 0.0341. The van der Waals surface area contributed by atoms with E-state index in [0.29, 0.717) is 5.92 Å². The number of hydrogen-bond acceptors (Lipinski definition) is 10. The number of thiazole rings is 1. The number of aromatic nitrogens is 4. The van der Waals surface area contributed by atoms with Crippen LogP contribution in [-0.4, -0.2) is 19.9 Å². The van der Waals surface area contributed by atoms with Gasteiger partial charge in [-0.1, -0.05) is 53.6 Å². The SMILES string of the molecule is CC(C)CC(N)c1nc2ccc(-c3ccncc3)cc2s1.Nc1ccc(-c2ccncc2)cc1SSc1cc(-c2ccncc2)ccc1N. The molecule has 0 fully saturated rings. The van der Waals surface area contributed by atoms with Crippen molar-refractivity contribution in [2.75, 3.05) is 11.5 Å². The van der Waals surface area contributed by atoms with E-state index in [4.69, 9.17) is 17.2 Å². The summed E-state index contributed by atoms with van der Waals surface area (Å²) in [6.45, 7) is 4.38. The molecule has 7 aromatic rings. The molecule has 0 amide bonds. The van der Waals surface area contributed by atoms with Gasteiger partial charge in [0.1, 0.15) is 5.01 Å². The first-order valence-electron chi connectivity index (χ1n) is 15.8. The van der Waals surface area contributed by atoms with E-state index < -0.39 is 0 Å². The Morgan fingerprint density at radius 2 is 1.00 bits per heavy atom. The first-order chi connectivity index (χ1) is 23.8. The van der Waals surface area contributed by atoms with Crippen LogP contribution in [0.4, 0.5) is 11.4 Å². The quantitative estimate of drug-likeness (QED) is 0.0995. The highest BCUT2D eigenvalue weighted by Crippen LogP contribution is 2.44. The number of nitrogen functional groups attached to an aromatic ring is 2. The monoisotopic (exact) mass is 699 g/mol. The third kappa shape index (κ3) is 8.84. The lowest BCUT2D eigenvalue weighted by Crippen LogP contribution is -2.12. The van der Waals surface area contributed by atoms with Crippen molar-refractivity contribution in [1.29, 1.82) is 0 Å². The Labute approximate surface area is 298 Å². The van der Waals surface area contributed by atoms with Gasteiger partial charge >= 0.3 is 0 Å². The van der Waals surface area contributed by atoms with Crippen molar-refractivity contribution in [3.8, 4) is 33.4 Å². The lowest BCUT2D eigenvalue weighted by molar-refractivity contribution is 0.509. The van der Waals surface area contributed by atoms with E-state index in [1.807, 2.05) is 73.1 Å². The van der Waals surface area contributed by atoms with Gasteiger partial charge in [-0.05, 0) is 119 Å². The van der Waals surface area contributed by atoms with Crippen LogP contribution in [0, 0.1) is 5.92 Å². The fourth-order valence-electron chi connectivity index (χ4n) is 5.18. The van der Waals surface area contributed by atoms with Crippen molar-refractivity contribution in [2.24, 2.45) is 11.7 Å². The number of benzene rings is 3. The summed E-state index contributed by atoms with van der Waals surface area (Å²) in [5.41, 5.74) is 28.0. The van der Waals surface area contributed by atoms with Crippen LogP contribution in [0.15, 0.2) is 138 Å². The molecule has 1 atom stereocenters. The van der Waals surface area contributed by atoms with E-state index in [1.165, 1.54) is 15.8 Å². The van der Waals surface area contributed by atoms with Gasteiger partial charge in [0, 0.05) is 58.3 Å². The van der Waals surface area contributed by atoms with Crippen molar-refractivity contribution < 1.29 is 0 Å². The van der Waals surface area contributed by atoms with Crippen LogP contribution < -0.4 is 17.2 Å². The second kappa shape index (κ2) is 16.1. The van der Waals surface area contributed by atoms with Crippen LogP contribution in [0.3, 0.4) is 0 Å². The van der Waals surface area contributed by atoms with Crippen LogP contribution in [0.25, 0.3) is 43.6 Å². The molecule has 0 spiro atoms. The van der Waals surface area contributed by atoms with Crippen molar-refractivity contribution in [2.45, 2.75) is 36.1 Å². The maximum atomic E-state index is 6.25. The lowest BCUT2D eigenvalue weighted by atomic mass is 10.1. The summed E-state index contributed by atoms with van der Waals surface area (Å²) < 4.78 is 1.19. The van der Waals surface area contributed by atoms with Crippen LogP contribution in [0.1, 0.15) is 31.3 Å². The molecule has 7 nitrogen and oxygen atoms in total. The number of anilines is 2. The summed E-state index contributed by atoms with van der Waals surface area (Å²) >= 11 is 1.70. The van der Waals surface area contributed by atoms with Gasteiger partial charge in [0.2, 0.25) is 0 Å². The zero-order valence-corrected chi connectivity index (χ0v) is 29.7. The summed E-state index contributed by atoms with van der Waals surface area (Å²) in [7, 11) is 3.22. The summed E-state index contributed by atoms with van der Waals surface area (Å²) in [4.78, 5) is 18.9. The Kier molecular flexibility index (Phi) is 11.2. The average Bonchev–Trinajstić information content (AvgIpc) is 3.57. The van der Waals surface area contributed by atoms with Crippen molar-refractivity contribution >= 4 is 54.5 Å². The standard InChI is InChI=1S/C22H18N4S2.C17H19N3S/c23-19-3-1-17(15-5-9-25-10-6-15)13-21(19)27-28-22-14-18(2-4-20(22)24)16-7-11-26-12-8-16;1-11(2)9-14(18)17-20-15-4-3-13(10-16(15)21-17)12-5-7-19-8-6-12/h1-14H,23-24H2;3-8,10-11,14H,9,18H2,1-2H3. The van der Waals surface area contributed by atoms with Gasteiger partial charge in [-0.3, -0.25) is 15.0 Å². The van der Waals surface area contributed by atoms with E-state index in [0.717, 1.165) is 60.4 Å². The van der Waals surface area contributed by atoms with Gasteiger partial charge in [0.15, 0.2) is 0 Å². The Balaban J connectivity index is 0.000000177. The van der Waals surface area contributed by atoms with E-state index in [1.54, 1.807) is 57.7 Å². The molecule has 0 aliphatic rings. The van der Waals surface area contributed by atoms with Crippen LogP contribution >= 0.6 is 32.9 Å². The third-order valence-corrected chi connectivity index (χ3v) is 11.4. The Bertz CT molecular complexity index is 2030. The summed E-state index contributed by atoms with van der Waals surface area (Å²) in [5, 5.41) is 1.03. The molecule has 0 radical (unpaired) electrons. The number of hydrogen-bond donors (Lipinski definition) is 3.